The van der Waals surface area contributed by atoms with E-state index in [0.29, 0.717) is 31.0 Å². The number of amides is 1. The van der Waals surface area contributed by atoms with E-state index in [0.717, 1.165) is 17.0 Å². The van der Waals surface area contributed by atoms with Crippen LogP contribution in [-0.2, 0) is 13.2 Å². The number of aryl methyl sites for hydroxylation is 1. The zero-order valence-corrected chi connectivity index (χ0v) is 15.7. The summed E-state index contributed by atoms with van der Waals surface area (Å²) < 4.78 is 14.1. The molecule has 0 aliphatic carbocycles. The summed E-state index contributed by atoms with van der Waals surface area (Å²) in [4.78, 5) is 14.7. The molecule has 0 bridgehead atoms. The molecular weight excluding hydrogens is 346 g/mol. The molecule has 0 unspecified atom stereocenters. The molecule has 0 radical (unpaired) electrons. The van der Waals surface area contributed by atoms with Crippen molar-refractivity contribution in [1.82, 2.24) is 13.6 Å². The minimum absolute atomic E-state index is 0.00620. The van der Waals surface area contributed by atoms with Gasteiger partial charge >= 0.3 is 0 Å². The van der Waals surface area contributed by atoms with Crippen molar-refractivity contribution in [2.24, 2.45) is 0 Å². The number of rotatable bonds is 7. The Bertz CT molecular complexity index is 864. The van der Waals surface area contributed by atoms with Gasteiger partial charge in [0.25, 0.3) is 5.91 Å². The van der Waals surface area contributed by atoms with Gasteiger partial charge in [0.05, 0.1) is 17.4 Å². The molecule has 3 aromatic rings. The van der Waals surface area contributed by atoms with Gasteiger partial charge in [-0.1, -0.05) is 36.4 Å². The smallest absolute Gasteiger partial charge is 0.254 e. The summed E-state index contributed by atoms with van der Waals surface area (Å²) >= 11 is 1.18. The van der Waals surface area contributed by atoms with E-state index in [-0.39, 0.29) is 5.91 Å². The van der Waals surface area contributed by atoms with E-state index in [1.165, 1.54) is 11.7 Å². The second kappa shape index (κ2) is 8.58. The molecule has 1 heterocycles. The molecule has 0 atom stereocenters. The third-order valence-corrected chi connectivity index (χ3v) is 4.75. The average molecular weight is 367 g/mol. The summed E-state index contributed by atoms with van der Waals surface area (Å²) in [5, 5.41) is 0. The fraction of sp³-hybridized carbons (Fsp3) is 0.250. The number of hydrogen-bond acceptors (Lipinski definition) is 5. The van der Waals surface area contributed by atoms with Crippen LogP contribution in [0.3, 0.4) is 0 Å². The zero-order chi connectivity index (χ0) is 18.4. The van der Waals surface area contributed by atoms with Crippen molar-refractivity contribution >= 4 is 17.6 Å². The van der Waals surface area contributed by atoms with Gasteiger partial charge in [0.15, 0.2) is 0 Å². The van der Waals surface area contributed by atoms with Crippen molar-refractivity contribution in [3.63, 3.8) is 0 Å². The molecule has 0 fully saturated rings. The molecular formula is C20H21N3O2S. The molecule has 134 valence electrons. The van der Waals surface area contributed by atoms with Gasteiger partial charge in [-0.15, -0.1) is 0 Å². The van der Waals surface area contributed by atoms with Gasteiger partial charge in [-0.05, 0) is 37.6 Å². The molecule has 0 spiro atoms. The quantitative estimate of drug-likeness (QED) is 0.631. The Morgan fingerprint density at radius 2 is 1.92 bits per heavy atom. The lowest BCUT2D eigenvalue weighted by Crippen LogP contribution is -2.30. The lowest BCUT2D eigenvalue weighted by molar-refractivity contribution is 0.0752. The van der Waals surface area contributed by atoms with E-state index in [9.17, 15) is 4.79 Å². The Hall–Kier alpha value is -2.73. The first-order valence-electron chi connectivity index (χ1n) is 8.51. The van der Waals surface area contributed by atoms with Crippen LogP contribution in [0, 0.1) is 6.92 Å². The van der Waals surface area contributed by atoms with Gasteiger partial charge in [0.1, 0.15) is 18.1 Å². The van der Waals surface area contributed by atoms with Crippen LogP contribution in [0.25, 0.3) is 0 Å². The van der Waals surface area contributed by atoms with Crippen LogP contribution in [0.5, 0.6) is 5.75 Å². The monoisotopic (exact) mass is 367 g/mol. The number of hydrogen-bond donors (Lipinski definition) is 0. The fourth-order valence-electron chi connectivity index (χ4n) is 2.56. The molecule has 26 heavy (non-hydrogen) atoms. The highest BCUT2D eigenvalue weighted by Gasteiger charge is 2.15. The van der Waals surface area contributed by atoms with Gasteiger partial charge < -0.3 is 9.64 Å². The van der Waals surface area contributed by atoms with Crippen LogP contribution in [0.2, 0.25) is 0 Å². The summed E-state index contributed by atoms with van der Waals surface area (Å²) in [6.07, 6.45) is 0. The Kier molecular flexibility index (Phi) is 5.96. The van der Waals surface area contributed by atoms with Crippen molar-refractivity contribution in [3.05, 3.63) is 77.1 Å². The predicted octanol–water partition coefficient (Wildman–Crippen LogP) is 4.09. The van der Waals surface area contributed by atoms with Crippen molar-refractivity contribution in [3.8, 4) is 5.75 Å². The average Bonchev–Trinajstić information content (AvgIpc) is 3.10. The molecule has 0 aliphatic heterocycles. The minimum atomic E-state index is -0.00620. The lowest BCUT2D eigenvalue weighted by atomic mass is 10.1. The zero-order valence-electron chi connectivity index (χ0n) is 14.9. The Morgan fingerprint density at radius 1 is 1.12 bits per heavy atom. The molecule has 0 aliphatic rings. The van der Waals surface area contributed by atoms with Crippen LogP contribution >= 0.6 is 11.7 Å². The van der Waals surface area contributed by atoms with Gasteiger partial charge in [-0.2, -0.15) is 8.75 Å². The van der Waals surface area contributed by atoms with Crippen LogP contribution in [0.1, 0.15) is 34.2 Å². The third kappa shape index (κ3) is 4.46. The molecule has 2 aromatic carbocycles. The second-order valence-corrected chi connectivity index (χ2v) is 6.45. The number of carbonyl (C=O) groups is 1. The topological polar surface area (TPSA) is 55.3 Å². The highest BCUT2D eigenvalue weighted by atomic mass is 32.1. The summed E-state index contributed by atoms with van der Waals surface area (Å²) in [5.74, 6) is 0.646. The molecule has 1 amide bonds. The molecule has 0 N–H and O–H groups in total. The van der Waals surface area contributed by atoms with Crippen LogP contribution in [0.4, 0.5) is 0 Å². The normalized spacial score (nSPS) is 10.5. The van der Waals surface area contributed by atoms with E-state index in [1.807, 2.05) is 67.3 Å². The Morgan fingerprint density at radius 3 is 2.62 bits per heavy atom. The van der Waals surface area contributed by atoms with E-state index >= 15 is 0 Å². The Labute approximate surface area is 157 Å². The molecule has 1 aromatic heterocycles. The molecule has 0 saturated heterocycles. The third-order valence-electron chi connectivity index (χ3n) is 4.09. The van der Waals surface area contributed by atoms with Crippen molar-refractivity contribution in [1.29, 1.82) is 0 Å². The number of carbonyl (C=O) groups excluding carboxylic acids is 1. The first-order valence-corrected chi connectivity index (χ1v) is 9.24. The highest BCUT2D eigenvalue weighted by Crippen LogP contribution is 2.18. The second-order valence-electron chi connectivity index (χ2n) is 5.92. The summed E-state index contributed by atoms with van der Waals surface area (Å²) in [6.45, 7) is 5.47. The fourth-order valence-corrected chi connectivity index (χ4v) is 3.12. The van der Waals surface area contributed by atoms with Crippen LogP contribution < -0.4 is 4.74 Å². The van der Waals surface area contributed by atoms with E-state index in [1.54, 1.807) is 6.07 Å². The molecule has 3 rings (SSSR count). The maximum atomic E-state index is 12.9. The van der Waals surface area contributed by atoms with Gasteiger partial charge in [-0.25, -0.2) is 0 Å². The predicted molar refractivity (Wildman–Crippen MR) is 102 cm³/mol. The SMILES string of the molecule is CCN(Cc1ccccc1)C(=O)c1cccc(OCc2nsnc2C)c1. The Balaban J connectivity index is 1.69. The number of nitrogens with zero attached hydrogens (tertiary/aromatic N) is 3. The first-order chi connectivity index (χ1) is 12.7. The van der Waals surface area contributed by atoms with E-state index in [4.69, 9.17) is 4.74 Å². The van der Waals surface area contributed by atoms with Crippen molar-refractivity contribution in [2.75, 3.05) is 6.54 Å². The highest BCUT2D eigenvalue weighted by molar-refractivity contribution is 6.99. The molecule has 5 nitrogen and oxygen atoms in total. The molecule has 0 saturated carbocycles. The minimum Gasteiger partial charge on any atom is -0.487 e. The van der Waals surface area contributed by atoms with E-state index < -0.39 is 0 Å². The summed E-state index contributed by atoms with van der Waals surface area (Å²) in [6, 6.07) is 17.3. The van der Waals surface area contributed by atoms with Gasteiger partial charge in [0, 0.05) is 18.7 Å². The van der Waals surface area contributed by atoms with Crippen LogP contribution in [-0.4, -0.2) is 26.1 Å². The maximum Gasteiger partial charge on any atom is 0.254 e. The van der Waals surface area contributed by atoms with Gasteiger partial charge in [0.2, 0.25) is 0 Å². The van der Waals surface area contributed by atoms with Gasteiger partial charge in [-0.3, -0.25) is 4.79 Å². The summed E-state index contributed by atoms with van der Waals surface area (Å²) in [5.41, 5.74) is 3.43. The largest absolute Gasteiger partial charge is 0.487 e. The molecule has 6 heteroatoms. The lowest BCUT2D eigenvalue weighted by Gasteiger charge is -2.21. The summed E-state index contributed by atoms with van der Waals surface area (Å²) in [7, 11) is 0. The maximum absolute atomic E-state index is 12.9. The first kappa shape index (κ1) is 18.1. The van der Waals surface area contributed by atoms with Crippen LogP contribution in [0.15, 0.2) is 54.6 Å². The number of aromatic nitrogens is 2. The number of ether oxygens (including phenoxy) is 1. The van der Waals surface area contributed by atoms with E-state index in [2.05, 4.69) is 8.75 Å². The van der Waals surface area contributed by atoms with Crippen molar-refractivity contribution < 1.29 is 9.53 Å². The van der Waals surface area contributed by atoms with Crippen molar-refractivity contribution in [2.45, 2.75) is 27.0 Å². The standard InChI is InChI=1S/C20H21N3O2S/c1-3-23(13-16-8-5-4-6-9-16)20(24)17-10-7-11-18(12-17)25-14-19-15(2)21-26-22-19/h4-12H,3,13-14H2,1-2H3. The number of benzene rings is 2.